The summed E-state index contributed by atoms with van der Waals surface area (Å²) in [4.78, 5) is 49.1. The number of rotatable bonds is 5. The van der Waals surface area contributed by atoms with Crippen molar-refractivity contribution in [3.8, 4) is 0 Å². The quantitative estimate of drug-likeness (QED) is 0.460. The zero-order valence-electron chi connectivity index (χ0n) is 12.2. The van der Waals surface area contributed by atoms with E-state index in [1.165, 1.54) is 23.1 Å². The van der Waals surface area contributed by atoms with Gasteiger partial charge < -0.3 is 4.90 Å². The summed E-state index contributed by atoms with van der Waals surface area (Å²) in [7, 11) is 0. The lowest BCUT2D eigenvalue weighted by atomic mass is 10.1. The van der Waals surface area contributed by atoms with Gasteiger partial charge in [-0.3, -0.25) is 29.4 Å². The molecule has 22 heavy (non-hydrogen) atoms. The Balaban J connectivity index is 2.34. The van der Waals surface area contributed by atoms with E-state index >= 15 is 0 Å². The Morgan fingerprint density at radius 3 is 2.41 bits per heavy atom. The Morgan fingerprint density at radius 2 is 1.86 bits per heavy atom. The van der Waals surface area contributed by atoms with Gasteiger partial charge >= 0.3 is 0 Å². The third kappa shape index (κ3) is 2.43. The molecule has 8 heteroatoms. The minimum absolute atomic E-state index is 0.0356. The van der Waals surface area contributed by atoms with Crippen LogP contribution in [0.3, 0.4) is 0 Å². The molecule has 0 saturated carbocycles. The van der Waals surface area contributed by atoms with Crippen LogP contribution in [0, 0.1) is 10.1 Å². The molecule has 0 unspecified atom stereocenters. The lowest BCUT2D eigenvalue weighted by molar-refractivity contribution is -0.385. The van der Waals surface area contributed by atoms with E-state index in [4.69, 9.17) is 0 Å². The summed E-state index contributed by atoms with van der Waals surface area (Å²) in [6.45, 7) is 4.08. The van der Waals surface area contributed by atoms with Gasteiger partial charge in [0.2, 0.25) is 5.91 Å². The predicted molar refractivity (Wildman–Crippen MR) is 76.4 cm³/mol. The number of benzene rings is 1. The van der Waals surface area contributed by atoms with Gasteiger partial charge in [-0.25, -0.2) is 0 Å². The van der Waals surface area contributed by atoms with E-state index in [2.05, 4.69) is 0 Å². The normalized spacial score (nSPS) is 13.3. The fourth-order valence-electron chi connectivity index (χ4n) is 2.42. The van der Waals surface area contributed by atoms with Crippen molar-refractivity contribution in [1.82, 2.24) is 9.80 Å². The van der Waals surface area contributed by atoms with E-state index in [1.54, 1.807) is 13.8 Å². The molecule has 0 aromatic heterocycles. The van der Waals surface area contributed by atoms with Crippen molar-refractivity contribution in [3.05, 3.63) is 39.4 Å². The molecular formula is C14H15N3O5. The van der Waals surface area contributed by atoms with Crippen LogP contribution in [0.1, 0.15) is 34.6 Å². The van der Waals surface area contributed by atoms with E-state index in [9.17, 15) is 24.5 Å². The summed E-state index contributed by atoms with van der Waals surface area (Å²) in [5.74, 6) is -1.85. The Morgan fingerprint density at radius 1 is 1.23 bits per heavy atom. The average molecular weight is 305 g/mol. The topological polar surface area (TPSA) is 101 Å². The number of hydrogen-bond acceptors (Lipinski definition) is 5. The minimum atomic E-state index is -0.798. The van der Waals surface area contributed by atoms with Crippen LogP contribution in [0.15, 0.2) is 18.2 Å². The van der Waals surface area contributed by atoms with Crippen LogP contribution >= 0.6 is 0 Å². The van der Waals surface area contributed by atoms with E-state index in [1.807, 2.05) is 0 Å². The van der Waals surface area contributed by atoms with Crippen molar-refractivity contribution < 1.29 is 19.3 Å². The number of carbonyl (C=O) groups is 3. The van der Waals surface area contributed by atoms with E-state index < -0.39 is 29.0 Å². The third-order valence-electron chi connectivity index (χ3n) is 3.58. The SMILES string of the molecule is CCN(CC)C(=O)CN1C(=O)c2cccc([N+](=O)[O-])c2C1=O. The number of nitro groups is 1. The molecule has 1 aliphatic rings. The number of hydrogen-bond donors (Lipinski definition) is 0. The molecule has 0 atom stereocenters. The van der Waals surface area contributed by atoms with Crippen LogP contribution in [0.25, 0.3) is 0 Å². The first kappa shape index (κ1) is 15.6. The number of fused-ring (bicyclic) bond motifs is 1. The van der Waals surface area contributed by atoms with Crippen LogP contribution in [-0.2, 0) is 4.79 Å². The van der Waals surface area contributed by atoms with Crippen LogP contribution < -0.4 is 0 Å². The molecule has 0 N–H and O–H groups in total. The Kier molecular flexibility index (Phi) is 4.20. The van der Waals surface area contributed by atoms with Gasteiger partial charge in [0.25, 0.3) is 17.5 Å². The number of amides is 3. The van der Waals surface area contributed by atoms with Crippen molar-refractivity contribution in [1.29, 1.82) is 0 Å². The van der Waals surface area contributed by atoms with Crippen molar-refractivity contribution in [2.75, 3.05) is 19.6 Å². The summed E-state index contributed by atoms with van der Waals surface area (Å²) in [5, 5.41) is 11.0. The summed E-state index contributed by atoms with van der Waals surface area (Å²) < 4.78 is 0. The first-order valence-corrected chi connectivity index (χ1v) is 6.83. The molecule has 2 rings (SSSR count). The molecule has 1 aliphatic heterocycles. The maximum absolute atomic E-state index is 12.3. The Bertz CT molecular complexity index is 666. The molecule has 0 bridgehead atoms. The Hall–Kier alpha value is -2.77. The molecule has 0 spiro atoms. The zero-order valence-corrected chi connectivity index (χ0v) is 12.2. The highest BCUT2D eigenvalue weighted by molar-refractivity contribution is 6.24. The van der Waals surface area contributed by atoms with Gasteiger partial charge in [-0.15, -0.1) is 0 Å². The molecule has 8 nitrogen and oxygen atoms in total. The fourth-order valence-corrected chi connectivity index (χ4v) is 2.42. The molecule has 0 radical (unpaired) electrons. The number of nitro benzene ring substituents is 1. The van der Waals surface area contributed by atoms with Gasteiger partial charge in [-0.2, -0.15) is 0 Å². The number of likely N-dealkylation sites (N-methyl/N-ethyl adjacent to an activating group) is 1. The molecule has 1 aromatic carbocycles. The summed E-state index contributed by atoms with van der Waals surface area (Å²) in [5.41, 5.74) is -0.704. The van der Waals surface area contributed by atoms with Crippen LogP contribution in [0.5, 0.6) is 0 Å². The van der Waals surface area contributed by atoms with E-state index in [-0.39, 0.29) is 17.0 Å². The second-order valence-corrected chi connectivity index (χ2v) is 4.72. The maximum atomic E-state index is 12.3. The highest BCUT2D eigenvalue weighted by Gasteiger charge is 2.41. The number of imide groups is 1. The van der Waals surface area contributed by atoms with Gasteiger partial charge in [-0.05, 0) is 19.9 Å². The van der Waals surface area contributed by atoms with Crippen molar-refractivity contribution in [2.24, 2.45) is 0 Å². The molecule has 1 aromatic rings. The van der Waals surface area contributed by atoms with E-state index in [0.717, 1.165) is 4.90 Å². The smallest absolute Gasteiger partial charge is 0.282 e. The maximum Gasteiger partial charge on any atom is 0.282 e. The van der Waals surface area contributed by atoms with Crippen molar-refractivity contribution in [3.63, 3.8) is 0 Å². The van der Waals surface area contributed by atoms with Crippen LogP contribution in [-0.4, -0.2) is 52.1 Å². The summed E-state index contributed by atoms with van der Waals surface area (Å²) in [6, 6.07) is 3.86. The van der Waals surface area contributed by atoms with Gasteiger partial charge in [-0.1, -0.05) is 6.07 Å². The molecule has 116 valence electrons. The monoisotopic (exact) mass is 305 g/mol. The van der Waals surface area contributed by atoms with Crippen LogP contribution in [0.4, 0.5) is 5.69 Å². The Labute approximate surface area is 126 Å². The average Bonchev–Trinajstić information content (AvgIpc) is 2.73. The second-order valence-electron chi connectivity index (χ2n) is 4.72. The fraction of sp³-hybridized carbons (Fsp3) is 0.357. The summed E-state index contributed by atoms with van der Waals surface area (Å²) >= 11 is 0. The first-order valence-electron chi connectivity index (χ1n) is 6.83. The molecular weight excluding hydrogens is 290 g/mol. The molecule has 0 fully saturated rings. The largest absolute Gasteiger partial charge is 0.342 e. The summed E-state index contributed by atoms with van der Waals surface area (Å²) in [6.07, 6.45) is 0. The van der Waals surface area contributed by atoms with Gasteiger partial charge in [0.15, 0.2) is 0 Å². The number of nitrogens with zero attached hydrogens (tertiary/aromatic N) is 3. The molecule has 3 amide bonds. The number of carbonyl (C=O) groups excluding carboxylic acids is 3. The van der Waals surface area contributed by atoms with Gasteiger partial charge in [0.1, 0.15) is 12.1 Å². The minimum Gasteiger partial charge on any atom is -0.342 e. The lowest BCUT2D eigenvalue weighted by Gasteiger charge is -2.21. The van der Waals surface area contributed by atoms with Gasteiger partial charge in [0, 0.05) is 19.2 Å². The molecule has 0 aliphatic carbocycles. The zero-order chi connectivity index (χ0) is 16.4. The van der Waals surface area contributed by atoms with E-state index in [0.29, 0.717) is 13.1 Å². The van der Waals surface area contributed by atoms with Crippen LogP contribution in [0.2, 0.25) is 0 Å². The third-order valence-corrected chi connectivity index (χ3v) is 3.58. The standard InChI is InChI=1S/C14H15N3O5/c1-3-15(4-2)11(18)8-16-13(19)9-6-5-7-10(17(21)22)12(9)14(16)20/h5-7H,3-4,8H2,1-2H3. The highest BCUT2D eigenvalue weighted by atomic mass is 16.6. The predicted octanol–water partition coefficient (Wildman–Crippen LogP) is 1.06. The van der Waals surface area contributed by atoms with Crippen molar-refractivity contribution >= 4 is 23.4 Å². The first-order chi connectivity index (χ1) is 10.4. The highest BCUT2D eigenvalue weighted by Crippen LogP contribution is 2.30. The second kappa shape index (κ2) is 5.92. The van der Waals surface area contributed by atoms with Gasteiger partial charge in [0.05, 0.1) is 10.5 Å². The van der Waals surface area contributed by atoms with Crippen molar-refractivity contribution in [2.45, 2.75) is 13.8 Å². The molecule has 0 saturated heterocycles. The lowest BCUT2D eigenvalue weighted by Crippen LogP contribution is -2.42. The molecule has 1 heterocycles.